The topological polar surface area (TPSA) is 186 Å². The number of nitrogens with zero attached hydrogens (tertiary/aromatic N) is 4. The van der Waals surface area contributed by atoms with E-state index in [1.165, 1.54) is 13.2 Å². The number of carbonyl (C=O) groups is 4. The molecule has 4 heterocycles. The number of hydrogen-bond donors (Lipinski definition) is 5. The number of amides is 4. The predicted octanol–water partition coefficient (Wildman–Crippen LogP) is 6.22. The molecule has 3 aromatic carbocycles. The Morgan fingerprint density at radius 2 is 1.61 bits per heavy atom. The lowest BCUT2D eigenvalue weighted by Crippen LogP contribution is -2.52. The van der Waals surface area contributed by atoms with E-state index in [4.69, 9.17) is 9.72 Å². The van der Waals surface area contributed by atoms with Gasteiger partial charge in [-0.15, -0.1) is 0 Å². The van der Waals surface area contributed by atoms with Gasteiger partial charge in [0.05, 0.1) is 50.2 Å². The zero-order chi connectivity index (χ0) is 42.3. The van der Waals surface area contributed by atoms with Crippen LogP contribution in [0.25, 0.3) is 44.2 Å². The third kappa shape index (κ3) is 8.33. The molecule has 0 spiro atoms. The average Bonchev–Trinajstić information content (AvgIpc) is 4.03. The third-order valence-corrected chi connectivity index (χ3v) is 14.3. The number of H-pyrrole nitrogens is 2. The van der Waals surface area contributed by atoms with E-state index in [1.807, 2.05) is 69.0 Å². The molecule has 0 radical (unpaired) electrons. The van der Waals surface area contributed by atoms with Crippen LogP contribution in [0.2, 0.25) is 19.1 Å². The van der Waals surface area contributed by atoms with E-state index < -0.39 is 44.6 Å². The second kappa shape index (κ2) is 16.6. The van der Waals surface area contributed by atoms with Gasteiger partial charge in [0.25, 0.3) is 0 Å². The summed E-state index contributed by atoms with van der Waals surface area (Å²) in [6, 6.07) is 13.6. The summed E-state index contributed by atoms with van der Waals surface area (Å²) in [7, 11) is -0.569. The highest BCUT2D eigenvalue weighted by molar-refractivity contribution is 6.78. The van der Waals surface area contributed by atoms with Crippen LogP contribution < -0.4 is 10.6 Å². The molecule has 2 saturated heterocycles. The van der Waals surface area contributed by atoms with Gasteiger partial charge in [-0.2, -0.15) is 0 Å². The van der Waals surface area contributed by atoms with E-state index in [2.05, 4.69) is 38.7 Å². The molecule has 2 fully saturated rings. The number of likely N-dealkylation sites (tertiary alicyclic amines) is 1. The SMILES string of the molecule is COC(=O)N[C@H](C(=O)N1C[Si](C)(C)C[C@H]1c1ncc(-c2ccc(-c3ccc4c(ccc5[nH]c([C@@H]6CCCN6C(=O)[C@@H](NC(=O)CO)C(C)C)nc54)c3)cc2F)[nH]1)C(C)C. The van der Waals surface area contributed by atoms with Crippen LogP contribution in [-0.2, 0) is 19.1 Å². The number of methoxy groups -OCH3 is 1. The molecule has 7 rings (SSSR count). The Morgan fingerprint density at radius 1 is 0.915 bits per heavy atom. The van der Waals surface area contributed by atoms with Gasteiger partial charge in [0.2, 0.25) is 17.7 Å². The summed E-state index contributed by atoms with van der Waals surface area (Å²) in [5.74, 6) is -0.485. The highest BCUT2D eigenvalue weighted by Crippen LogP contribution is 2.39. The second-order valence-electron chi connectivity index (χ2n) is 17.2. The van der Waals surface area contributed by atoms with Gasteiger partial charge in [-0.05, 0) is 71.5 Å². The summed E-state index contributed by atoms with van der Waals surface area (Å²) in [5, 5.41) is 16.5. The van der Waals surface area contributed by atoms with Gasteiger partial charge < -0.3 is 40.2 Å². The number of aromatic nitrogens is 4. The molecule has 0 unspecified atom stereocenters. The number of aromatic amines is 2. The number of ether oxygens (including phenoxy) is 1. The van der Waals surface area contributed by atoms with Crippen molar-refractivity contribution < 1.29 is 33.4 Å². The van der Waals surface area contributed by atoms with Crippen LogP contribution in [0.1, 0.15) is 64.3 Å². The quantitative estimate of drug-likeness (QED) is 0.0972. The first-order valence-corrected chi connectivity index (χ1v) is 23.6. The number of aliphatic hydroxyl groups excluding tert-OH is 1. The van der Waals surface area contributed by atoms with Gasteiger partial charge >= 0.3 is 6.09 Å². The molecule has 5 aromatic rings. The first-order valence-electron chi connectivity index (χ1n) is 20.2. The van der Waals surface area contributed by atoms with Gasteiger partial charge in [0.1, 0.15) is 36.2 Å². The summed E-state index contributed by atoms with van der Waals surface area (Å²) in [6.07, 6.45) is 3.07. The Kier molecular flexibility index (Phi) is 11.7. The minimum atomic E-state index is -1.84. The van der Waals surface area contributed by atoms with E-state index in [9.17, 15) is 24.3 Å². The second-order valence-corrected chi connectivity index (χ2v) is 22.3. The first-order chi connectivity index (χ1) is 28.1. The van der Waals surface area contributed by atoms with Crippen molar-refractivity contribution in [2.45, 2.75) is 83.8 Å². The highest BCUT2D eigenvalue weighted by atomic mass is 28.3. The number of rotatable bonds is 11. The van der Waals surface area contributed by atoms with Gasteiger partial charge in [0, 0.05) is 23.7 Å². The van der Waals surface area contributed by atoms with Crippen molar-refractivity contribution in [2.24, 2.45) is 11.8 Å². The van der Waals surface area contributed by atoms with Crippen LogP contribution in [0.3, 0.4) is 0 Å². The first kappa shape index (κ1) is 41.5. The lowest BCUT2D eigenvalue weighted by atomic mass is 9.99. The van der Waals surface area contributed by atoms with Crippen LogP contribution in [-0.4, -0.2) is 105 Å². The highest BCUT2D eigenvalue weighted by Gasteiger charge is 2.46. The fourth-order valence-corrected chi connectivity index (χ4v) is 11.5. The molecule has 2 aliphatic heterocycles. The molecule has 16 heteroatoms. The van der Waals surface area contributed by atoms with Crippen molar-refractivity contribution in [3.8, 4) is 22.4 Å². The largest absolute Gasteiger partial charge is 0.453 e. The molecule has 4 atom stereocenters. The summed E-state index contributed by atoms with van der Waals surface area (Å²) in [5.41, 5.74) is 3.98. The number of carbonyl (C=O) groups excluding carboxylic acids is 4. The number of hydrogen-bond acceptors (Lipinski definition) is 8. The maximum Gasteiger partial charge on any atom is 0.407 e. The lowest BCUT2D eigenvalue weighted by molar-refractivity contribution is -0.139. The lowest BCUT2D eigenvalue weighted by Gasteiger charge is -2.30. The Hall–Kier alpha value is -5.61. The van der Waals surface area contributed by atoms with Crippen LogP contribution in [0.4, 0.5) is 9.18 Å². The molecule has 0 bridgehead atoms. The van der Waals surface area contributed by atoms with E-state index in [-0.39, 0.29) is 35.7 Å². The smallest absolute Gasteiger partial charge is 0.407 e. The number of nitrogens with one attached hydrogen (secondary N) is 4. The van der Waals surface area contributed by atoms with Crippen molar-refractivity contribution in [2.75, 3.05) is 26.4 Å². The molecule has 5 N–H and O–H groups in total. The molecule has 2 aromatic heterocycles. The van der Waals surface area contributed by atoms with Gasteiger partial charge in [-0.1, -0.05) is 65.1 Å². The van der Waals surface area contributed by atoms with Gasteiger partial charge in [-0.25, -0.2) is 19.2 Å². The predicted molar refractivity (Wildman–Crippen MR) is 225 cm³/mol. The van der Waals surface area contributed by atoms with Crippen molar-refractivity contribution in [1.29, 1.82) is 0 Å². The van der Waals surface area contributed by atoms with Crippen LogP contribution in [0.5, 0.6) is 0 Å². The minimum absolute atomic E-state index is 0.166. The molecule has 59 heavy (non-hydrogen) atoms. The summed E-state index contributed by atoms with van der Waals surface area (Å²) >= 11 is 0. The maximum atomic E-state index is 16.0. The maximum absolute atomic E-state index is 16.0. The van der Waals surface area contributed by atoms with Gasteiger partial charge in [-0.3, -0.25) is 14.4 Å². The molecular weight excluding hydrogens is 772 g/mol. The van der Waals surface area contributed by atoms with Crippen molar-refractivity contribution >= 4 is 53.7 Å². The fourth-order valence-electron chi connectivity index (χ4n) is 8.56. The number of benzene rings is 3. The molecule has 0 aliphatic carbocycles. The molecule has 4 amide bonds. The van der Waals surface area contributed by atoms with Crippen LogP contribution >= 0.6 is 0 Å². The zero-order valence-corrected chi connectivity index (χ0v) is 35.6. The molecule has 14 nitrogen and oxygen atoms in total. The number of alkyl carbamates (subject to hydrolysis) is 1. The molecule has 312 valence electrons. The third-order valence-electron chi connectivity index (χ3n) is 11.6. The van der Waals surface area contributed by atoms with Crippen molar-refractivity contribution in [1.82, 2.24) is 40.4 Å². The molecule has 2 aliphatic rings. The van der Waals surface area contributed by atoms with Crippen molar-refractivity contribution in [3.05, 3.63) is 72.2 Å². The minimum Gasteiger partial charge on any atom is -0.453 e. The Bertz CT molecular complexity index is 2410. The van der Waals surface area contributed by atoms with Crippen LogP contribution in [0.15, 0.2) is 54.7 Å². The average molecular weight is 825 g/mol. The zero-order valence-electron chi connectivity index (χ0n) is 34.6. The normalized spacial score (nSPS) is 18.8. The van der Waals surface area contributed by atoms with E-state index in [0.717, 1.165) is 46.3 Å². The van der Waals surface area contributed by atoms with Gasteiger partial charge in [0.15, 0.2) is 0 Å². The van der Waals surface area contributed by atoms with Crippen LogP contribution in [0, 0.1) is 17.7 Å². The van der Waals surface area contributed by atoms with E-state index in [1.54, 1.807) is 17.2 Å². The Morgan fingerprint density at radius 3 is 2.31 bits per heavy atom. The van der Waals surface area contributed by atoms with E-state index in [0.29, 0.717) is 41.2 Å². The molecular formula is C43H53FN8O6Si. The summed E-state index contributed by atoms with van der Waals surface area (Å²) in [6.45, 7) is 11.8. The Balaban J connectivity index is 1.11. The standard InChI is InChI=1S/C43H53FN8O6Si/c1-23(2)36(48-35(54)20-53)41(55)51-16-8-9-33(51)40-46-31-15-12-27-17-25(10-13-28(27)38(31)49-40)26-11-14-29(30(44)18-26)32-19-45-39(47-32)34-21-59(6,7)22-52(34)42(56)37(24(3)4)50-43(57)58-5/h10-15,17-19,23-24,33-34,36-37,53H,8-9,16,20-22H2,1-7H3,(H,45,47)(H,46,49)(H,48,54)(H,50,57)/t33-,34-,36-,37-/m0/s1. The number of fused-ring (bicyclic) bond motifs is 3. The fraction of sp³-hybridized carbons (Fsp3) is 0.442. The monoisotopic (exact) mass is 824 g/mol. The summed E-state index contributed by atoms with van der Waals surface area (Å²) in [4.78, 5) is 71.6. The Labute approximate surface area is 343 Å². The number of halogens is 1. The molecule has 0 saturated carbocycles. The van der Waals surface area contributed by atoms with Crippen molar-refractivity contribution in [3.63, 3.8) is 0 Å². The van der Waals surface area contributed by atoms with E-state index >= 15 is 4.39 Å². The number of aliphatic hydroxyl groups is 1. The summed E-state index contributed by atoms with van der Waals surface area (Å²) < 4.78 is 20.8. The number of imidazole rings is 2.